The van der Waals surface area contributed by atoms with Gasteiger partial charge in [-0.15, -0.1) is 0 Å². The maximum atomic E-state index is 12.2. The lowest BCUT2D eigenvalue weighted by atomic mass is 10.2. The molecule has 90 valence electrons. The molecule has 1 N–H and O–H groups in total. The number of sulfonamides is 1. The molecule has 0 aliphatic heterocycles. The predicted molar refractivity (Wildman–Crippen MR) is 48.8 cm³/mol. The SMILES string of the molecule is CONS(=O)(=O)c1ccc(C(F)(F)F)cc1. The van der Waals surface area contributed by atoms with E-state index in [0.717, 1.165) is 19.2 Å². The van der Waals surface area contributed by atoms with Crippen LogP contribution in [0, 0.1) is 0 Å². The summed E-state index contributed by atoms with van der Waals surface area (Å²) in [5.41, 5.74) is -0.913. The topological polar surface area (TPSA) is 55.4 Å². The standard InChI is InChI=1S/C8H8F3NO3S/c1-15-12-16(13,14)7-4-2-6(3-5-7)8(9,10)11/h2-5,12H,1H3. The van der Waals surface area contributed by atoms with Crippen LogP contribution in [0.25, 0.3) is 0 Å². The molecule has 1 aromatic carbocycles. The Balaban J connectivity index is 3.05. The predicted octanol–water partition coefficient (Wildman–Crippen LogP) is 1.55. The van der Waals surface area contributed by atoms with Crippen LogP contribution in [-0.2, 0) is 21.0 Å². The summed E-state index contributed by atoms with van der Waals surface area (Å²) >= 11 is 0. The van der Waals surface area contributed by atoms with Crippen molar-refractivity contribution in [2.75, 3.05) is 7.11 Å². The van der Waals surface area contributed by atoms with Gasteiger partial charge in [-0.25, -0.2) is 8.42 Å². The fraction of sp³-hybridized carbons (Fsp3) is 0.250. The minimum atomic E-state index is -4.49. The van der Waals surface area contributed by atoms with Gasteiger partial charge in [0.15, 0.2) is 0 Å². The quantitative estimate of drug-likeness (QED) is 0.833. The monoisotopic (exact) mass is 255 g/mol. The van der Waals surface area contributed by atoms with E-state index >= 15 is 0 Å². The van der Waals surface area contributed by atoms with Crippen molar-refractivity contribution in [1.82, 2.24) is 4.89 Å². The average molecular weight is 255 g/mol. The lowest BCUT2D eigenvalue weighted by molar-refractivity contribution is -0.137. The van der Waals surface area contributed by atoms with Crippen molar-refractivity contribution in [3.63, 3.8) is 0 Å². The average Bonchev–Trinajstić information content (AvgIpc) is 2.16. The van der Waals surface area contributed by atoms with Crippen LogP contribution in [0.4, 0.5) is 13.2 Å². The normalized spacial score (nSPS) is 12.8. The van der Waals surface area contributed by atoms with Crippen molar-refractivity contribution >= 4 is 10.0 Å². The highest BCUT2D eigenvalue weighted by atomic mass is 32.2. The number of hydrogen-bond acceptors (Lipinski definition) is 3. The molecule has 8 heteroatoms. The van der Waals surface area contributed by atoms with Gasteiger partial charge in [0, 0.05) is 0 Å². The molecule has 0 amide bonds. The minimum absolute atomic E-state index is 0.303. The molecule has 4 nitrogen and oxygen atoms in total. The van der Waals surface area contributed by atoms with Crippen molar-refractivity contribution in [1.29, 1.82) is 0 Å². The maximum Gasteiger partial charge on any atom is 0.416 e. The second-order valence-electron chi connectivity index (χ2n) is 2.81. The Labute approximate surface area is 90.0 Å². The molecule has 0 spiro atoms. The first-order chi connectivity index (χ1) is 7.27. The van der Waals surface area contributed by atoms with E-state index in [4.69, 9.17) is 0 Å². The van der Waals surface area contributed by atoms with E-state index in [2.05, 4.69) is 4.84 Å². The molecule has 0 unspecified atom stereocenters. The van der Waals surface area contributed by atoms with Gasteiger partial charge < -0.3 is 0 Å². The Hall–Kier alpha value is -1.12. The molecule has 1 aromatic rings. The van der Waals surface area contributed by atoms with Crippen LogP contribution in [0.3, 0.4) is 0 Å². The Kier molecular flexibility index (Phi) is 3.56. The van der Waals surface area contributed by atoms with Gasteiger partial charge in [-0.1, -0.05) is 4.89 Å². The van der Waals surface area contributed by atoms with Crippen molar-refractivity contribution in [2.24, 2.45) is 0 Å². The molecule has 0 fully saturated rings. The van der Waals surface area contributed by atoms with Gasteiger partial charge in [0.25, 0.3) is 10.0 Å². The fourth-order valence-electron chi connectivity index (χ4n) is 0.981. The highest BCUT2D eigenvalue weighted by Crippen LogP contribution is 2.29. The zero-order valence-electron chi connectivity index (χ0n) is 8.08. The summed E-state index contributed by atoms with van der Waals surface area (Å²) in [7, 11) is -2.83. The van der Waals surface area contributed by atoms with Crippen LogP contribution >= 0.6 is 0 Å². The summed E-state index contributed by atoms with van der Waals surface area (Å²) < 4.78 is 59.1. The number of halogens is 3. The number of nitrogens with one attached hydrogen (secondary N) is 1. The first-order valence-corrected chi connectivity index (χ1v) is 5.48. The molecule has 0 radical (unpaired) electrons. The lowest BCUT2D eigenvalue weighted by Crippen LogP contribution is -2.22. The summed E-state index contributed by atoms with van der Waals surface area (Å²) in [6.45, 7) is 0. The van der Waals surface area contributed by atoms with Gasteiger partial charge in [-0.2, -0.15) is 13.2 Å². The number of hydrogen-bond donors (Lipinski definition) is 1. The lowest BCUT2D eigenvalue weighted by Gasteiger charge is -2.08. The highest BCUT2D eigenvalue weighted by Gasteiger charge is 2.30. The summed E-state index contributed by atoms with van der Waals surface area (Å²) in [4.78, 5) is 5.58. The molecule has 0 bridgehead atoms. The molecular weight excluding hydrogens is 247 g/mol. The highest BCUT2D eigenvalue weighted by molar-refractivity contribution is 7.89. The van der Waals surface area contributed by atoms with Crippen LogP contribution < -0.4 is 4.89 Å². The zero-order chi connectivity index (χ0) is 12.4. The molecule has 1 rings (SSSR count). The summed E-state index contributed by atoms with van der Waals surface area (Å²) in [5.74, 6) is 0. The zero-order valence-corrected chi connectivity index (χ0v) is 8.89. The third-order valence-electron chi connectivity index (χ3n) is 1.68. The molecule has 0 atom stereocenters. The molecule has 0 saturated carbocycles. The fourth-order valence-corrected chi connectivity index (χ4v) is 1.79. The number of benzene rings is 1. The third-order valence-corrected chi connectivity index (χ3v) is 2.96. The Morgan fingerprint density at radius 3 is 2.06 bits per heavy atom. The van der Waals surface area contributed by atoms with Gasteiger partial charge in [-0.05, 0) is 24.3 Å². The second-order valence-corrected chi connectivity index (χ2v) is 4.46. The van der Waals surface area contributed by atoms with Crippen LogP contribution in [0.5, 0.6) is 0 Å². The van der Waals surface area contributed by atoms with Gasteiger partial charge in [0.1, 0.15) is 0 Å². The molecule has 16 heavy (non-hydrogen) atoms. The smallest absolute Gasteiger partial charge is 0.290 e. The van der Waals surface area contributed by atoms with E-state index in [-0.39, 0.29) is 4.90 Å². The van der Waals surface area contributed by atoms with Crippen molar-refractivity contribution in [3.05, 3.63) is 29.8 Å². The van der Waals surface area contributed by atoms with Crippen molar-refractivity contribution in [2.45, 2.75) is 11.1 Å². The van der Waals surface area contributed by atoms with E-state index in [9.17, 15) is 21.6 Å². The van der Waals surface area contributed by atoms with Crippen LogP contribution in [0.15, 0.2) is 29.2 Å². The van der Waals surface area contributed by atoms with Gasteiger partial charge in [-0.3, -0.25) is 4.84 Å². The Morgan fingerprint density at radius 2 is 1.69 bits per heavy atom. The second kappa shape index (κ2) is 4.40. The van der Waals surface area contributed by atoms with Crippen LogP contribution in [0.2, 0.25) is 0 Å². The Morgan fingerprint density at radius 1 is 1.19 bits per heavy atom. The molecular formula is C8H8F3NO3S. The number of rotatable bonds is 3. The van der Waals surface area contributed by atoms with E-state index in [1.165, 1.54) is 0 Å². The van der Waals surface area contributed by atoms with E-state index in [1.807, 2.05) is 0 Å². The molecule has 0 aliphatic carbocycles. The van der Waals surface area contributed by atoms with Crippen molar-refractivity contribution in [3.8, 4) is 0 Å². The van der Waals surface area contributed by atoms with Gasteiger partial charge >= 0.3 is 6.18 Å². The molecule has 0 saturated heterocycles. The molecule has 0 aromatic heterocycles. The minimum Gasteiger partial charge on any atom is -0.290 e. The maximum absolute atomic E-state index is 12.2. The van der Waals surface area contributed by atoms with Crippen LogP contribution in [0.1, 0.15) is 5.56 Å². The first-order valence-electron chi connectivity index (χ1n) is 3.99. The van der Waals surface area contributed by atoms with Gasteiger partial charge in [0.2, 0.25) is 0 Å². The summed E-state index contributed by atoms with van der Waals surface area (Å²) in [5, 5.41) is 0. The van der Waals surface area contributed by atoms with E-state index in [0.29, 0.717) is 12.1 Å². The summed E-state index contributed by atoms with van der Waals surface area (Å²) in [6, 6.07) is 3.07. The van der Waals surface area contributed by atoms with Crippen molar-refractivity contribution < 1.29 is 26.4 Å². The van der Waals surface area contributed by atoms with E-state index < -0.39 is 21.8 Å². The van der Waals surface area contributed by atoms with E-state index in [1.54, 1.807) is 4.89 Å². The largest absolute Gasteiger partial charge is 0.416 e. The van der Waals surface area contributed by atoms with Crippen LogP contribution in [-0.4, -0.2) is 15.5 Å². The third kappa shape index (κ3) is 2.94. The van der Waals surface area contributed by atoms with Gasteiger partial charge in [0.05, 0.1) is 17.6 Å². The number of alkyl halides is 3. The first kappa shape index (κ1) is 12.9. The Bertz CT molecular complexity index is 452. The molecule has 0 aliphatic rings. The summed E-state index contributed by atoms with van der Waals surface area (Å²) in [6.07, 6.45) is -4.49. The molecule has 0 heterocycles.